The molecular formula is C14H12Br2N2O. The number of halogens is 2. The molecule has 0 atom stereocenters. The Labute approximate surface area is 128 Å². The predicted octanol–water partition coefficient (Wildman–Crippen LogP) is 3.44. The van der Waals surface area contributed by atoms with Crippen molar-refractivity contribution in [3.8, 4) is 0 Å². The SMILES string of the molecule is O=C(NC1Cc2ccccc2C1)c1cc(Br)c(Br)[nH]1. The zero-order valence-corrected chi connectivity index (χ0v) is 13.2. The molecule has 0 aliphatic heterocycles. The van der Waals surface area contributed by atoms with Crippen LogP contribution in [0, 0.1) is 0 Å². The average Bonchev–Trinajstić information content (AvgIpc) is 2.93. The van der Waals surface area contributed by atoms with Gasteiger partial charge in [0, 0.05) is 6.04 Å². The number of carbonyl (C=O) groups is 1. The summed E-state index contributed by atoms with van der Waals surface area (Å²) in [6, 6.07) is 10.3. The van der Waals surface area contributed by atoms with Crippen LogP contribution >= 0.6 is 31.9 Å². The molecule has 2 N–H and O–H groups in total. The van der Waals surface area contributed by atoms with E-state index in [1.807, 2.05) is 12.1 Å². The third kappa shape index (κ3) is 2.62. The fourth-order valence-corrected chi connectivity index (χ4v) is 3.11. The van der Waals surface area contributed by atoms with E-state index < -0.39 is 0 Å². The molecule has 1 aromatic heterocycles. The van der Waals surface area contributed by atoms with Crippen LogP contribution in [0.4, 0.5) is 0 Å². The van der Waals surface area contributed by atoms with Gasteiger partial charge in [-0.15, -0.1) is 0 Å². The zero-order chi connectivity index (χ0) is 13.4. The molecule has 1 amide bonds. The Kier molecular flexibility index (Phi) is 3.50. The molecule has 3 nitrogen and oxygen atoms in total. The minimum absolute atomic E-state index is 0.0655. The summed E-state index contributed by atoms with van der Waals surface area (Å²) in [5, 5.41) is 3.07. The number of carbonyl (C=O) groups excluding carboxylic acids is 1. The van der Waals surface area contributed by atoms with E-state index in [1.54, 1.807) is 6.07 Å². The van der Waals surface area contributed by atoms with Gasteiger partial charge in [-0.05, 0) is 61.9 Å². The molecule has 0 radical (unpaired) electrons. The van der Waals surface area contributed by atoms with Crippen LogP contribution in [0.15, 0.2) is 39.4 Å². The van der Waals surface area contributed by atoms with Crippen LogP contribution in [0.25, 0.3) is 0 Å². The standard InChI is InChI=1S/C14H12Br2N2O/c15-11-7-12(18-13(11)16)14(19)17-10-5-8-3-1-2-4-9(8)6-10/h1-4,7,10,18H,5-6H2,(H,17,19). The number of benzene rings is 1. The molecule has 5 heteroatoms. The summed E-state index contributed by atoms with van der Waals surface area (Å²) in [4.78, 5) is 15.1. The summed E-state index contributed by atoms with van der Waals surface area (Å²) in [6.07, 6.45) is 1.82. The first-order valence-corrected chi connectivity index (χ1v) is 7.64. The highest BCUT2D eigenvalue weighted by molar-refractivity contribution is 9.13. The molecule has 1 aliphatic rings. The van der Waals surface area contributed by atoms with Crippen molar-refractivity contribution < 1.29 is 4.79 Å². The van der Waals surface area contributed by atoms with Gasteiger partial charge in [-0.2, -0.15) is 0 Å². The molecule has 0 spiro atoms. The lowest BCUT2D eigenvalue weighted by atomic mass is 10.1. The van der Waals surface area contributed by atoms with Crippen LogP contribution in [0.5, 0.6) is 0 Å². The van der Waals surface area contributed by atoms with Crippen molar-refractivity contribution in [2.45, 2.75) is 18.9 Å². The molecule has 98 valence electrons. The van der Waals surface area contributed by atoms with Gasteiger partial charge in [-0.3, -0.25) is 4.79 Å². The number of aromatic amines is 1. The van der Waals surface area contributed by atoms with Crippen LogP contribution < -0.4 is 5.32 Å². The van der Waals surface area contributed by atoms with E-state index in [1.165, 1.54) is 11.1 Å². The number of amides is 1. The van der Waals surface area contributed by atoms with Gasteiger partial charge in [0.25, 0.3) is 5.91 Å². The number of hydrogen-bond donors (Lipinski definition) is 2. The second-order valence-electron chi connectivity index (χ2n) is 4.69. The summed E-state index contributed by atoms with van der Waals surface area (Å²) in [5.74, 6) is -0.0655. The lowest BCUT2D eigenvalue weighted by molar-refractivity contribution is 0.0934. The van der Waals surface area contributed by atoms with Crippen molar-refractivity contribution in [2.24, 2.45) is 0 Å². The van der Waals surface area contributed by atoms with Crippen LogP contribution in [0.3, 0.4) is 0 Å². The summed E-state index contributed by atoms with van der Waals surface area (Å²) in [5.41, 5.74) is 3.23. The molecule has 0 unspecified atom stereocenters. The van der Waals surface area contributed by atoms with Crippen molar-refractivity contribution in [3.63, 3.8) is 0 Å². The molecule has 2 aromatic rings. The monoisotopic (exact) mass is 382 g/mol. The van der Waals surface area contributed by atoms with E-state index >= 15 is 0 Å². The topological polar surface area (TPSA) is 44.9 Å². The van der Waals surface area contributed by atoms with Gasteiger partial charge < -0.3 is 10.3 Å². The van der Waals surface area contributed by atoms with Crippen LogP contribution in [-0.2, 0) is 12.8 Å². The van der Waals surface area contributed by atoms with Crippen molar-refractivity contribution >= 4 is 37.8 Å². The van der Waals surface area contributed by atoms with Gasteiger partial charge in [0.05, 0.1) is 9.08 Å². The molecule has 0 fully saturated rings. The molecule has 1 aromatic carbocycles. The molecule has 3 rings (SSSR count). The summed E-state index contributed by atoms with van der Waals surface area (Å²) in [6.45, 7) is 0. The number of nitrogens with one attached hydrogen (secondary N) is 2. The maximum Gasteiger partial charge on any atom is 0.268 e. The van der Waals surface area contributed by atoms with Gasteiger partial charge in [0.1, 0.15) is 5.69 Å². The highest BCUT2D eigenvalue weighted by Gasteiger charge is 2.23. The van der Waals surface area contributed by atoms with Crippen molar-refractivity contribution in [2.75, 3.05) is 0 Å². The largest absolute Gasteiger partial charge is 0.347 e. The Hall–Kier alpha value is -1.07. The fraction of sp³-hybridized carbons (Fsp3) is 0.214. The number of H-pyrrole nitrogens is 1. The Balaban J connectivity index is 1.69. The van der Waals surface area contributed by atoms with Crippen LogP contribution in [0.2, 0.25) is 0 Å². The van der Waals surface area contributed by atoms with Gasteiger partial charge in [0.15, 0.2) is 0 Å². The normalized spacial score (nSPS) is 14.4. The molecule has 1 heterocycles. The lowest BCUT2D eigenvalue weighted by Crippen LogP contribution is -2.35. The van der Waals surface area contributed by atoms with Crippen molar-refractivity contribution in [1.29, 1.82) is 0 Å². The minimum atomic E-state index is -0.0655. The Morgan fingerprint density at radius 2 is 1.84 bits per heavy atom. The Morgan fingerprint density at radius 1 is 1.21 bits per heavy atom. The molecule has 0 saturated carbocycles. The number of hydrogen-bond acceptors (Lipinski definition) is 1. The first-order valence-electron chi connectivity index (χ1n) is 6.05. The summed E-state index contributed by atoms with van der Waals surface area (Å²) in [7, 11) is 0. The maximum absolute atomic E-state index is 12.1. The molecule has 0 bridgehead atoms. The first-order chi connectivity index (χ1) is 9.13. The molecule has 19 heavy (non-hydrogen) atoms. The smallest absolute Gasteiger partial charge is 0.268 e. The van der Waals surface area contributed by atoms with Gasteiger partial charge >= 0.3 is 0 Å². The average molecular weight is 384 g/mol. The van der Waals surface area contributed by atoms with E-state index in [2.05, 4.69) is 54.3 Å². The summed E-state index contributed by atoms with van der Waals surface area (Å²) < 4.78 is 1.64. The van der Waals surface area contributed by atoms with Crippen molar-refractivity contribution in [1.82, 2.24) is 10.3 Å². The van der Waals surface area contributed by atoms with Crippen molar-refractivity contribution in [3.05, 3.63) is 56.2 Å². The Morgan fingerprint density at radius 3 is 2.37 bits per heavy atom. The highest BCUT2D eigenvalue weighted by Crippen LogP contribution is 2.24. The number of aromatic nitrogens is 1. The number of fused-ring (bicyclic) bond motifs is 1. The third-order valence-electron chi connectivity index (χ3n) is 3.36. The Bertz CT molecular complexity index is 592. The zero-order valence-electron chi connectivity index (χ0n) is 10.0. The van der Waals surface area contributed by atoms with E-state index in [0.717, 1.165) is 21.9 Å². The highest BCUT2D eigenvalue weighted by atomic mass is 79.9. The van der Waals surface area contributed by atoms with Gasteiger partial charge in [-0.1, -0.05) is 24.3 Å². The lowest BCUT2D eigenvalue weighted by Gasteiger charge is -2.10. The predicted molar refractivity (Wildman–Crippen MR) is 81.3 cm³/mol. The van der Waals surface area contributed by atoms with Gasteiger partial charge in [0.2, 0.25) is 0 Å². The van der Waals surface area contributed by atoms with Gasteiger partial charge in [-0.25, -0.2) is 0 Å². The quantitative estimate of drug-likeness (QED) is 0.819. The van der Waals surface area contributed by atoms with E-state index in [9.17, 15) is 4.79 Å². The van der Waals surface area contributed by atoms with Crippen LogP contribution in [0.1, 0.15) is 21.6 Å². The van der Waals surface area contributed by atoms with Crippen LogP contribution in [-0.4, -0.2) is 16.9 Å². The molecule has 0 saturated heterocycles. The van der Waals surface area contributed by atoms with E-state index in [-0.39, 0.29) is 11.9 Å². The molecule has 1 aliphatic carbocycles. The second kappa shape index (κ2) is 5.13. The summed E-state index contributed by atoms with van der Waals surface area (Å²) >= 11 is 6.70. The maximum atomic E-state index is 12.1. The first kappa shape index (κ1) is 12.9. The fourth-order valence-electron chi connectivity index (χ4n) is 2.45. The van der Waals surface area contributed by atoms with E-state index in [4.69, 9.17) is 0 Å². The second-order valence-corrected chi connectivity index (χ2v) is 6.34. The minimum Gasteiger partial charge on any atom is -0.347 e. The van der Waals surface area contributed by atoms with E-state index in [0.29, 0.717) is 5.69 Å². The molecular weight excluding hydrogens is 372 g/mol. The number of rotatable bonds is 2. The third-order valence-corrected chi connectivity index (χ3v) is 5.14.